The van der Waals surface area contributed by atoms with Gasteiger partial charge < -0.3 is 15.0 Å². The summed E-state index contributed by atoms with van der Waals surface area (Å²) < 4.78 is 21.0. The van der Waals surface area contributed by atoms with Gasteiger partial charge in [-0.25, -0.2) is 19.0 Å². The highest BCUT2D eigenvalue weighted by atomic mass is 32.2. The number of carbonyl (C=O) groups excluding carboxylic acids is 1. The van der Waals surface area contributed by atoms with E-state index in [9.17, 15) is 9.18 Å². The van der Waals surface area contributed by atoms with E-state index in [-0.39, 0.29) is 5.56 Å². The second kappa shape index (κ2) is 9.61. The Morgan fingerprint density at radius 3 is 2.77 bits per heavy atom. The Kier molecular flexibility index (Phi) is 6.67. The number of benzene rings is 1. The molecule has 1 aromatic carbocycles. The van der Waals surface area contributed by atoms with Gasteiger partial charge in [0.15, 0.2) is 10.8 Å². The van der Waals surface area contributed by atoms with Gasteiger partial charge in [-0.3, -0.25) is 4.79 Å². The number of morpholine rings is 1. The van der Waals surface area contributed by atoms with Crippen molar-refractivity contribution in [3.63, 3.8) is 0 Å². The zero-order chi connectivity index (χ0) is 21.8. The van der Waals surface area contributed by atoms with Gasteiger partial charge in [-0.1, -0.05) is 37.7 Å². The zero-order valence-corrected chi connectivity index (χ0v) is 18.4. The summed E-state index contributed by atoms with van der Waals surface area (Å²) in [5.41, 5.74) is 0.750. The Labute approximate surface area is 184 Å². The molecule has 164 valence electrons. The van der Waals surface area contributed by atoms with Crippen molar-refractivity contribution in [2.24, 2.45) is 0 Å². The van der Waals surface area contributed by atoms with Gasteiger partial charge in [0.05, 0.1) is 36.9 Å². The Hall–Kier alpha value is -2.72. The topological polar surface area (TPSA) is 85.2 Å². The maximum atomic E-state index is 13.8. The van der Waals surface area contributed by atoms with E-state index < -0.39 is 11.7 Å². The molecule has 0 spiro atoms. The minimum atomic E-state index is -0.539. The number of anilines is 1. The fraction of sp³-hybridized carbons (Fsp3) is 0.429. The van der Waals surface area contributed by atoms with Crippen LogP contribution in [0.4, 0.5) is 10.2 Å². The molecule has 1 N–H and O–H groups in total. The van der Waals surface area contributed by atoms with Gasteiger partial charge in [-0.05, 0) is 12.1 Å². The molecule has 3 aromatic rings. The van der Waals surface area contributed by atoms with Crippen LogP contribution in [0, 0.1) is 5.82 Å². The average molecular weight is 445 g/mol. The van der Waals surface area contributed by atoms with Gasteiger partial charge in [0, 0.05) is 24.9 Å². The molecule has 10 heteroatoms. The van der Waals surface area contributed by atoms with Crippen molar-refractivity contribution in [2.45, 2.75) is 30.8 Å². The lowest BCUT2D eigenvalue weighted by atomic mass is 10.2. The Morgan fingerprint density at radius 1 is 1.26 bits per heavy atom. The van der Waals surface area contributed by atoms with E-state index in [0.29, 0.717) is 36.7 Å². The average Bonchev–Trinajstić information content (AvgIpc) is 3.16. The van der Waals surface area contributed by atoms with E-state index in [1.807, 2.05) is 0 Å². The molecule has 1 fully saturated rings. The first-order valence-corrected chi connectivity index (χ1v) is 11.2. The van der Waals surface area contributed by atoms with Crippen molar-refractivity contribution in [2.75, 3.05) is 37.7 Å². The fourth-order valence-electron chi connectivity index (χ4n) is 3.38. The molecule has 2 aromatic heterocycles. The van der Waals surface area contributed by atoms with E-state index in [1.54, 1.807) is 34.8 Å². The van der Waals surface area contributed by atoms with Crippen molar-refractivity contribution in [3.05, 3.63) is 41.8 Å². The van der Waals surface area contributed by atoms with Crippen LogP contribution in [0.2, 0.25) is 0 Å². The predicted molar refractivity (Wildman–Crippen MR) is 118 cm³/mol. The number of ether oxygens (including phenoxy) is 1. The Morgan fingerprint density at radius 2 is 2.03 bits per heavy atom. The number of fused-ring (bicyclic) bond motifs is 1. The van der Waals surface area contributed by atoms with Crippen LogP contribution in [0.1, 0.15) is 24.2 Å². The number of hydrogen-bond acceptors (Lipinski definition) is 7. The van der Waals surface area contributed by atoms with Crippen molar-refractivity contribution in [1.29, 1.82) is 0 Å². The van der Waals surface area contributed by atoms with Crippen molar-refractivity contribution in [1.82, 2.24) is 25.1 Å². The number of carbonyl (C=O) groups is 1. The molecule has 4 rings (SSSR count). The van der Waals surface area contributed by atoms with Gasteiger partial charge in [0.25, 0.3) is 5.91 Å². The van der Waals surface area contributed by atoms with E-state index in [2.05, 4.69) is 29.2 Å². The number of halogens is 1. The molecular weight excluding hydrogens is 419 g/mol. The van der Waals surface area contributed by atoms with Crippen LogP contribution in [0.3, 0.4) is 0 Å². The van der Waals surface area contributed by atoms with E-state index in [1.165, 1.54) is 12.1 Å². The first kappa shape index (κ1) is 21.5. The van der Waals surface area contributed by atoms with Crippen LogP contribution in [-0.2, 0) is 11.3 Å². The van der Waals surface area contributed by atoms with Crippen LogP contribution >= 0.6 is 11.8 Å². The van der Waals surface area contributed by atoms with Gasteiger partial charge in [0.1, 0.15) is 11.6 Å². The Balaban J connectivity index is 1.55. The molecule has 8 nitrogen and oxygen atoms in total. The molecule has 0 aliphatic carbocycles. The summed E-state index contributed by atoms with van der Waals surface area (Å²) in [6.07, 6.45) is 1.77. The fourth-order valence-corrected chi connectivity index (χ4v) is 4.08. The lowest BCUT2D eigenvalue weighted by molar-refractivity contribution is 0.0948. The Bertz CT molecular complexity index is 1070. The molecule has 31 heavy (non-hydrogen) atoms. The quantitative estimate of drug-likeness (QED) is 0.443. The minimum Gasteiger partial charge on any atom is -0.378 e. The van der Waals surface area contributed by atoms with Gasteiger partial charge >= 0.3 is 0 Å². The first-order valence-electron chi connectivity index (χ1n) is 10.3. The number of aromatic nitrogens is 4. The largest absolute Gasteiger partial charge is 0.378 e. The molecule has 1 aliphatic heterocycles. The maximum absolute atomic E-state index is 13.8. The van der Waals surface area contributed by atoms with Gasteiger partial charge in [0.2, 0.25) is 0 Å². The second-order valence-electron chi connectivity index (χ2n) is 7.44. The SMILES string of the molecule is CC(C)Sc1nc(N2CCOCC2)c2cnn(CCNC(=O)c3ccccc3F)c2n1. The smallest absolute Gasteiger partial charge is 0.254 e. The van der Waals surface area contributed by atoms with Gasteiger partial charge in [-0.2, -0.15) is 5.10 Å². The van der Waals surface area contributed by atoms with Crippen LogP contribution in [0.5, 0.6) is 0 Å². The molecule has 1 aliphatic rings. The highest BCUT2D eigenvalue weighted by Gasteiger charge is 2.21. The minimum absolute atomic E-state index is 0.0281. The number of amides is 1. The molecule has 1 saturated heterocycles. The standard InChI is InChI=1S/C21H25FN6O2S/c1-14(2)31-21-25-18(27-9-11-30-12-10-27)16-13-24-28(19(16)26-21)8-7-23-20(29)15-5-3-4-6-17(15)22/h3-6,13-14H,7-12H2,1-2H3,(H,23,29). The third-order valence-corrected chi connectivity index (χ3v) is 5.70. The van der Waals surface area contributed by atoms with Gasteiger partial charge in [-0.15, -0.1) is 0 Å². The third-order valence-electron chi connectivity index (χ3n) is 4.83. The van der Waals surface area contributed by atoms with Crippen molar-refractivity contribution >= 4 is 34.5 Å². The number of hydrogen-bond donors (Lipinski definition) is 1. The summed E-state index contributed by atoms with van der Waals surface area (Å²) in [5.74, 6) is -0.130. The van der Waals surface area contributed by atoms with Crippen molar-refractivity contribution in [3.8, 4) is 0 Å². The summed E-state index contributed by atoms with van der Waals surface area (Å²) in [5, 5.41) is 9.14. The third kappa shape index (κ3) is 4.96. The lowest BCUT2D eigenvalue weighted by Crippen LogP contribution is -2.37. The second-order valence-corrected chi connectivity index (χ2v) is 8.98. The normalized spacial score (nSPS) is 14.4. The van der Waals surface area contributed by atoms with Crippen LogP contribution in [0.25, 0.3) is 11.0 Å². The van der Waals surface area contributed by atoms with Crippen molar-refractivity contribution < 1.29 is 13.9 Å². The molecule has 0 saturated carbocycles. The number of rotatable bonds is 7. The van der Waals surface area contributed by atoms with E-state index in [0.717, 1.165) is 29.9 Å². The predicted octanol–water partition coefficient (Wildman–Crippen LogP) is 2.73. The molecule has 3 heterocycles. The summed E-state index contributed by atoms with van der Waals surface area (Å²) in [6, 6.07) is 5.93. The summed E-state index contributed by atoms with van der Waals surface area (Å²) >= 11 is 1.60. The number of nitrogens with zero attached hydrogens (tertiary/aromatic N) is 5. The van der Waals surface area contributed by atoms with E-state index in [4.69, 9.17) is 14.7 Å². The monoisotopic (exact) mass is 444 g/mol. The number of nitrogens with one attached hydrogen (secondary N) is 1. The molecule has 0 radical (unpaired) electrons. The number of thioether (sulfide) groups is 1. The van der Waals surface area contributed by atoms with E-state index >= 15 is 0 Å². The van der Waals surface area contributed by atoms with Crippen LogP contribution < -0.4 is 10.2 Å². The van der Waals surface area contributed by atoms with Crippen LogP contribution in [0.15, 0.2) is 35.6 Å². The molecule has 0 bridgehead atoms. The lowest BCUT2D eigenvalue weighted by Gasteiger charge is -2.28. The molecule has 0 atom stereocenters. The van der Waals surface area contributed by atoms with Crippen LogP contribution in [-0.4, -0.2) is 63.8 Å². The molecule has 0 unspecified atom stereocenters. The molecular formula is C21H25FN6O2S. The summed E-state index contributed by atoms with van der Waals surface area (Å²) in [7, 11) is 0. The summed E-state index contributed by atoms with van der Waals surface area (Å²) in [4.78, 5) is 24.0. The zero-order valence-electron chi connectivity index (χ0n) is 17.5. The maximum Gasteiger partial charge on any atom is 0.254 e. The molecule has 1 amide bonds. The highest BCUT2D eigenvalue weighted by Crippen LogP contribution is 2.29. The highest BCUT2D eigenvalue weighted by molar-refractivity contribution is 7.99. The first-order chi connectivity index (χ1) is 15.0. The summed E-state index contributed by atoms with van der Waals surface area (Å²) in [6.45, 7) is 7.76.